The van der Waals surface area contributed by atoms with Crippen molar-refractivity contribution in [2.45, 2.75) is 18.4 Å². The summed E-state index contributed by atoms with van der Waals surface area (Å²) in [6.45, 7) is 1.58. The Morgan fingerprint density at radius 2 is 2.15 bits per heavy atom. The second-order valence-corrected chi connectivity index (χ2v) is 5.85. The maximum atomic E-state index is 12.1. The van der Waals surface area contributed by atoms with Crippen molar-refractivity contribution in [2.75, 3.05) is 0 Å². The topological polar surface area (TPSA) is 118 Å². The molecule has 0 saturated carbocycles. The zero-order valence-electron chi connectivity index (χ0n) is 10.5. The lowest BCUT2D eigenvalue weighted by atomic mass is 10.2. The zero-order chi connectivity index (χ0) is 14.8. The Balaban J connectivity index is 2.23. The normalized spacial score (nSPS) is 11.4. The van der Waals surface area contributed by atoms with Crippen LogP contribution < -0.4 is 4.72 Å². The molecule has 9 heteroatoms. The number of H-pyrrole nitrogens is 1. The van der Waals surface area contributed by atoms with Crippen LogP contribution in [0.15, 0.2) is 35.4 Å². The molecular formula is C11H12N4O4S. The molecule has 0 amide bonds. The van der Waals surface area contributed by atoms with Crippen molar-refractivity contribution in [3.8, 4) is 0 Å². The predicted molar refractivity (Wildman–Crippen MR) is 70.4 cm³/mol. The first-order valence-electron chi connectivity index (χ1n) is 5.63. The molecule has 0 aliphatic rings. The Hall–Kier alpha value is -2.26. The summed E-state index contributed by atoms with van der Waals surface area (Å²) in [6, 6.07) is 5.26. The van der Waals surface area contributed by atoms with Gasteiger partial charge in [-0.25, -0.2) is 13.1 Å². The molecule has 0 radical (unpaired) electrons. The third-order valence-electron chi connectivity index (χ3n) is 2.67. The largest absolute Gasteiger partial charge is 0.281 e. The molecule has 0 saturated heterocycles. The molecule has 0 spiro atoms. The van der Waals surface area contributed by atoms with E-state index in [0.717, 1.165) is 6.07 Å². The van der Waals surface area contributed by atoms with E-state index in [1.54, 1.807) is 6.07 Å². The van der Waals surface area contributed by atoms with Crippen LogP contribution in [0.25, 0.3) is 0 Å². The Morgan fingerprint density at radius 3 is 2.70 bits per heavy atom. The van der Waals surface area contributed by atoms with Crippen molar-refractivity contribution in [1.29, 1.82) is 0 Å². The van der Waals surface area contributed by atoms with Crippen LogP contribution in [0.3, 0.4) is 0 Å². The van der Waals surface area contributed by atoms with Gasteiger partial charge in [0.25, 0.3) is 5.69 Å². The van der Waals surface area contributed by atoms with E-state index < -0.39 is 14.9 Å². The number of nitrogens with zero attached hydrogens (tertiary/aromatic N) is 2. The highest BCUT2D eigenvalue weighted by molar-refractivity contribution is 7.89. The van der Waals surface area contributed by atoms with Gasteiger partial charge in [-0.1, -0.05) is 0 Å². The van der Waals surface area contributed by atoms with Gasteiger partial charge in [0.2, 0.25) is 10.0 Å². The summed E-state index contributed by atoms with van der Waals surface area (Å²) in [5, 5.41) is 17.0. The number of aromatic nitrogens is 2. The number of nitrogens with one attached hydrogen (secondary N) is 2. The molecule has 8 nitrogen and oxygen atoms in total. The van der Waals surface area contributed by atoms with Crippen LogP contribution in [0.5, 0.6) is 0 Å². The van der Waals surface area contributed by atoms with Crippen molar-refractivity contribution < 1.29 is 13.3 Å². The van der Waals surface area contributed by atoms with Crippen LogP contribution in [-0.4, -0.2) is 23.5 Å². The number of aryl methyl sites for hydroxylation is 1. The van der Waals surface area contributed by atoms with Gasteiger partial charge in [0.15, 0.2) is 0 Å². The van der Waals surface area contributed by atoms with E-state index in [9.17, 15) is 18.5 Å². The van der Waals surface area contributed by atoms with Gasteiger partial charge >= 0.3 is 0 Å². The fourth-order valence-electron chi connectivity index (χ4n) is 1.68. The third-order valence-corrected chi connectivity index (χ3v) is 4.23. The fraction of sp³-hybridized carbons (Fsp3) is 0.182. The lowest BCUT2D eigenvalue weighted by Gasteiger charge is -2.08. The molecule has 0 fully saturated rings. The summed E-state index contributed by atoms with van der Waals surface area (Å²) in [5.41, 5.74) is 0.791. The van der Waals surface area contributed by atoms with Crippen LogP contribution in [0, 0.1) is 17.0 Å². The summed E-state index contributed by atoms with van der Waals surface area (Å²) < 4.78 is 26.6. The van der Waals surface area contributed by atoms with Crippen LogP contribution in [0.2, 0.25) is 0 Å². The van der Waals surface area contributed by atoms with Crippen molar-refractivity contribution in [1.82, 2.24) is 14.9 Å². The first-order chi connectivity index (χ1) is 9.40. The number of benzene rings is 1. The van der Waals surface area contributed by atoms with Crippen molar-refractivity contribution >= 4 is 15.7 Å². The van der Waals surface area contributed by atoms with E-state index in [-0.39, 0.29) is 17.1 Å². The van der Waals surface area contributed by atoms with Crippen molar-refractivity contribution in [2.24, 2.45) is 0 Å². The first-order valence-corrected chi connectivity index (χ1v) is 7.11. The van der Waals surface area contributed by atoms with E-state index in [0.29, 0.717) is 11.3 Å². The summed E-state index contributed by atoms with van der Waals surface area (Å²) in [6.07, 6.45) is 1.51. The van der Waals surface area contributed by atoms with Gasteiger partial charge in [-0.05, 0) is 24.6 Å². The molecular weight excluding hydrogens is 284 g/mol. The average molecular weight is 296 g/mol. The van der Waals surface area contributed by atoms with Gasteiger partial charge < -0.3 is 0 Å². The monoisotopic (exact) mass is 296 g/mol. The van der Waals surface area contributed by atoms with Crippen molar-refractivity contribution in [3.05, 3.63) is 51.8 Å². The van der Waals surface area contributed by atoms with Crippen LogP contribution in [0.4, 0.5) is 5.69 Å². The molecule has 20 heavy (non-hydrogen) atoms. The standard InChI is InChI=1S/C11H12N4O4S/c1-8-6-10(15(16)17)2-3-11(8)20(18,19)13-7-9-4-5-12-14-9/h2-6,13H,7H2,1H3,(H,12,14). The number of nitro groups is 1. The SMILES string of the molecule is Cc1cc([N+](=O)[O-])ccc1S(=O)(=O)NCc1ccn[nH]1. The molecule has 1 aromatic carbocycles. The highest BCUT2D eigenvalue weighted by atomic mass is 32.2. The minimum atomic E-state index is -3.73. The molecule has 2 aromatic rings. The molecule has 1 aromatic heterocycles. The van der Waals surface area contributed by atoms with Gasteiger partial charge in [0.1, 0.15) is 0 Å². The number of sulfonamides is 1. The highest BCUT2D eigenvalue weighted by Crippen LogP contribution is 2.21. The van der Waals surface area contributed by atoms with Gasteiger partial charge in [-0.2, -0.15) is 5.10 Å². The summed E-state index contributed by atoms with van der Waals surface area (Å²) in [5.74, 6) is 0. The molecule has 0 aliphatic carbocycles. The number of aromatic amines is 1. The lowest BCUT2D eigenvalue weighted by Crippen LogP contribution is -2.24. The summed E-state index contributed by atoms with van der Waals surface area (Å²) in [7, 11) is -3.73. The number of rotatable bonds is 5. The quantitative estimate of drug-likeness (QED) is 0.632. The molecule has 1 heterocycles. The predicted octanol–water partition coefficient (Wildman–Crippen LogP) is 1.10. The fourth-order valence-corrected chi connectivity index (χ4v) is 2.91. The second-order valence-electron chi connectivity index (χ2n) is 4.11. The summed E-state index contributed by atoms with van der Waals surface area (Å²) >= 11 is 0. The molecule has 106 valence electrons. The first kappa shape index (κ1) is 14.2. The molecule has 0 bridgehead atoms. The molecule has 0 aliphatic heterocycles. The Morgan fingerprint density at radius 1 is 1.40 bits per heavy atom. The molecule has 0 unspecified atom stereocenters. The van der Waals surface area contributed by atoms with E-state index in [1.807, 2.05) is 0 Å². The van der Waals surface area contributed by atoms with Gasteiger partial charge in [0.05, 0.1) is 22.1 Å². The summed E-state index contributed by atoms with van der Waals surface area (Å²) in [4.78, 5) is 10.1. The van der Waals surface area contributed by atoms with Crippen LogP contribution >= 0.6 is 0 Å². The number of hydrogen-bond donors (Lipinski definition) is 2. The number of hydrogen-bond acceptors (Lipinski definition) is 5. The van der Waals surface area contributed by atoms with Gasteiger partial charge in [-0.15, -0.1) is 0 Å². The van der Waals surface area contributed by atoms with Gasteiger partial charge in [-0.3, -0.25) is 15.2 Å². The minimum absolute atomic E-state index is 0.0163. The molecule has 0 atom stereocenters. The Kier molecular flexibility index (Phi) is 3.81. The van der Waals surface area contributed by atoms with Crippen LogP contribution in [-0.2, 0) is 16.6 Å². The lowest BCUT2D eigenvalue weighted by molar-refractivity contribution is -0.385. The van der Waals surface area contributed by atoms with Gasteiger partial charge in [0, 0.05) is 18.3 Å². The Bertz CT molecular complexity index is 725. The molecule has 2 N–H and O–H groups in total. The Labute approximate surface area is 115 Å². The van der Waals surface area contributed by atoms with E-state index >= 15 is 0 Å². The number of nitro benzene ring substituents is 1. The highest BCUT2D eigenvalue weighted by Gasteiger charge is 2.19. The minimum Gasteiger partial charge on any atom is -0.281 e. The average Bonchev–Trinajstić information content (AvgIpc) is 2.89. The van der Waals surface area contributed by atoms with E-state index in [1.165, 1.54) is 25.3 Å². The third kappa shape index (κ3) is 3.00. The second kappa shape index (κ2) is 5.39. The van der Waals surface area contributed by atoms with Crippen LogP contribution in [0.1, 0.15) is 11.3 Å². The van der Waals surface area contributed by atoms with E-state index in [4.69, 9.17) is 0 Å². The zero-order valence-corrected chi connectivity index (χ0v) is 11.3. The maximum Gasteiger partial charge on any atom is 0.269 e. The molecule has 2 rings (SSSR count). The maximum absolute atomic E-state index is 12.1. The smallest absolute Gasteiger partial charge is 0.269 e. The van der Waals surface area contributed by atoms with E-state index in [2.05, 4.69) is 14.9 Å². The number of non-ortho nitro benzene ring substituents is 1. The van der Waals surface area contributed by atoms with Crippen molar-refractivity contribution in [3.63, 3.8) is 0 Å².